The second-order valence-corrected chi connectivity index (χ2v) is 4.18. The predicted molar refractivity (Wildman–Crippen MR) is 70.0 cm³/mol. The number of aromatic nitrogens is 2. The van der Waals surface area contributed by atoms with Gasteiger partial charge in [0.05, 0.1) is 11.6 Å². The third-order valence-corrected chi connectivity index (χ3v) is 3.01. The summed E-state index contributed by atoms with van der Waals surface area (Å²) in [6, 6.07) is 14.0. The summed E-state index contributed by atoms with van der Waals surface area (Å²) in [5.41, 5.74) is 2.98. The molecule has 0 radical (unpaired) electrons. The molecule has 18 heavy (non-hydrogen) atoms. The van der Waals surface area contributed by atoms with E-state index in [0.717, 1.165) is 17.4 Å². The monoisotopic (exact) mass is 233 g/mol. The molecule has 0 aliphatic rings. The van der Waals surface area contributed by atoms with Gasteiger partial charge < -0.3 is 4.57 Å². The van der Waals surface area contributed by atoms with Gasteiger partial charge in [0.25, 0.3) is 0 Å². The molecular weight excluding hydrogens is 222 g/mol. The molecule has 2 heterocycles. The van der Waals surface area contributed by atoms with Crippen LogP contribution < -0.4 is 0 Å². The van der Waals surface area contributed by atoms with Gasteiger partial charge in [-0.1, -0.05) is 6.07 Å². The van der Waals surface area contributed by atoms with Crippen LogP contribution >= 0.6 is 0 Å². The van der Waals surface area contributed by atoms with Crippen molar-refractivity contribution in [3.8, 4) is 6.07 Å². The molecule has 3 nitrogen and oxygen atoms in total. The van der Waals surface area contributed by atoms with Crippen molar-refractivity contribution in [2.45, 2.75) is 6.54 Å². The van der Waals surface area contributed by atoms with E-state index < -0.39 is 0 Å². The van der Waals surface area contributed by atoms with Gasteiger partial charge in [0.1, 0.15) is 0 Å². The van der Waals surface area contributed by atoms with E-state index in [-0.39, 0.29) is 0 Å². The number of hydrogen-bond acceptors (Lipinski definition) is 2. The maximum absolute atomic E-state index is 8.95. The second kappa shape index (κ2) is 4.34. The number of pyridine rings is 1. The molecule has 0 atom stereocenters. The average molecular weight is 233 g/mol. The number of rotatable bonds is 2. The molecule has 0 N–H and O–H groups in total. The van der Waals surface area contributed by atoms with E-state index in [4.69, 9.17) is 5.26 Å². The highest BCUT2D eigenvalue weighted by Gasteiger charge is 2.03. The fourth-order valence-electron chi connectivity index (χ4n) is 2.08. The summed E-state index contributed by atoms with van der Waals surface area (Å²) in [6.45, 7) is 0.793. The molecule has 0 aliphatic heterocycles. The number of nitrogens with zero attached hydrogens (tertiary/aromatic N) is 3. The first-order chi connectivity index (χ1) is 8.86. The van der Waals surface area contributed by atoms with Crippen LogP contribution in [0.4, 0.5) is 0 Å². The Balaban J connectivity index is 2.05. The van der Waals surface area contributed by atoms with Gasteiger partial charge in [0.15, 0.2) is 0 Å². The first kappa shape index (κ1) is 10.5. The van der Waals surface area contributed by atoms with Crippen LogP contribution in [0.5, 0.6) is 0 Å². The summed E-state index contributed by atoms with van der Waals surface area (Å²) in [5.74, 6) is 0. The lowest BCUT2D eigenvalue weighted by molar-refractivity contribution is 0.834. The molecule has 3 aromatic rings. The van der Waals surface area contributed by atoms with Gasteiger partial charge in [-0.25, -0.2) is 0 Å². The fourth-order valence-corrected chi connectivity index (χ4v) is 2.08. The number of hydrogen-bond donors (Lipinski definition) is 0. The summed E-state index contributed by atoms with van der Waals surface area (Å²) in [6.07, 6.45) is 5.63. The summed E-state index contributed by atoms with van der Waals surface area (Å²) in [5, 5.41) is 10.1. The zero-order chi connectivity index (χ0) is 12.4. The van der Waals surface area contributed by atoms with Crippen molar-refractivity contribution >= 4 is 10.9 Å². The molecular formula is C15H11N3. The molecule has 0 aliphatic carbocycles. The lowest BCUT2D eigenvalue weighted by Crippen LogP contribution is -1.97. The molecule has 86 valence electrons. The minimum atomic E-state index is 0.692. The standard InChI is InChI=1S/C15H11N3/c16-10-13-1-2-14-5-8-18(15(14)9-13)11-12-3-6-17-7-4-12/h1-9H,11H2. The molecule has 0 fully saturated rings. The maximum atomic E-state index is 8.95. The normalized spacial score (nSPS) is 10.4. The highest BCUT2D eigenvalue weighted by atomic mass is 14.9. The van der Waals surface area contributed by atoms with E-state index in [1.807, 2.05) is 36.5 Å². The van der Waals surface area contributed by atoms with Gasteiger partial charge in [0.2, 0.25) is 0 Å². The highest BCUT2D eigenvalue weighted by Crippen LogP contribution is 2.18. The van der Waals surface area contributed by atoms with Crippen molar-refractivity contribution in [3.63, 3.8) is 0 Å². The average Bonchev–Trinajstić information content (AvgIpc) is 2.82. The molecule has 2 aromatic heterocycles. The fraction of sp³-hybridized carbons (Fsp3) is 0.0667. The summed E-state index contributed by atoms with van der Waals surface area (Å²) < 4.78 is 2.14. The lowest BCUT2D eigenvalue weighted by Gasteiger charge is -2.05. The van der Waals surface area contributed by atoms with Crippen molar-refractivity contribution in [1.82, 2.24) is 9.55 Å². The zero-order valence-electron chi connectivity index (χ0n) is 9.74. The Bertz CT molecular complexity index is 720. The van der Waals surface area contributed by atoms with Crippen molar-refractivity contribution in [3.05, 3.63) is 66.1 Å². The Morgan fingerprint density at radius 1 is 1.11 bits per heavy atom. The van der Waals surface area contributed by atoms with Crippen LogP contribution in [-0.2, 0) is 6.54 Å². The Kier molecular flexibility index (Phi) is 2.54. The Labute approximate surface area is 105 Å². The van der Waals surface area contributed by atoms with Gasteiger partial charge in [0, 0.05) is 30.7 Å². The van der Waals surface area contributed by atoms with Crippen LogP contribution in [-0.4, -0.2) is 9.55 Å². The highest BCUT2D eigenvalue weighted by molar-refractivity contribution is 5.81. The predicted octanol–water partition coefficient (Wildman–Crippen LogP) is 2.96. The number of nitriles is 1. The largest absolute Gasteiger partial charge is 0.343 e. The van der Waals surface area contributed by atoms with Crippen molar-refractivity contribution in [1.29, 1.82) is 5.26 Å². The van der Waals surface area contributed by atoms with E-state index in [0.29, 0.717) is 5.56 Å². The SMILES string of the molecule is N#Cc1ccc2ccn(Cc3ccncc3)c2c1. The van der Waals surface area contributed by atoms with E-state index in [1.165, 1.54) is 5.56 Å². The Morgan fingerprint density at radius 3 is 2.72 bits per heavy atom. The smallest absolute Gasteiger partial charge is 0.0992 e. The van der Waals surface area contributed by atoms with E-state index >= 15 is 0 Å². The molecule has 0 saturated carbocycles. The third-order valence-electron chi connectivity index (χ3n) is 3.01. The zero-order valence-corrected chi connectivity index (χ0v) is 9.74. The Hall–Kier alpha value is -2.60. The second-order valence-electron chi connectivity index (χ2n) is 4.18. The minimum Gasteiger partial charge on any atom is -0.343 e. The molecule has 0 spiro atoms. The quantitative estimate of drug-likeness (QED) is 0.682. The van der Waals surface area contributed by atoms with Crippen LogP contribution in [0.3, 0.4) is 0 Å². The molecule has 0 unspecified atom stereocenters. The van der Waals surface area contributed by atoms with Crippen molar-refractivity contribution < 1.29 is 0 Å². The summed E-state index contributed by atoms with van der Waals surface area (Å²) in [7, 11) is 0. The summed E-state index contributed by atoms with van der Waals surface area (Å²) in [4.78, 5) is 4.01. The summed E-state index contributed by atoms with van der Waals surface area (Å²) >= 11 is 0. The van der Waals surface area contributed by atoms with Crippen molar-refractivity contribution in [2.24, 2.45) is 0 Å². The molecule has 0 amide bonds. The minimum absolute atomic E-state index is 0.692. The molecule has 3 heteroatoms. The number of benzene rings is 1. The van der Waals surface area contributed by atoms with Crippen LogP contribution in [0.25, 0.3) is 10.9 Å². The first-order valence-corrected chi connectivity index (χ1v) is 5.75. The van der Waals surface area contributed by atoms with Crippen molar-refractivity contribution in [2.75, 3.05) is 0 Å². The first-order valence-electron chi connectivity index (χ1n) is 5.75. The Morgan fingerprint density at radius 2 is 1.94 bits per heavy atom. The molecule has 1 aromatic carbocycles. The van der Waals surface area contributed by atoms with Crippen LogP contribution in [0.1, 0.15) is 11.1 Å². The van der Waals surface area contributed by atoms with Gasteiger partial charge in [-0.05, 0) is 41.3 Å². The van der Waals surface area contributed by atoms with Gasteiger partial charge in [-0.2, -0.15) is 5.26 Å². The van der Waals surface area contributed by atoms with E-state index in [2.05, 4.69) is 21.7 Å². The molecule has 0 bridgehead atoms. The third kappa shape index (κ3) is 1.85. The maximum Gasteiger partial charge on any atom is 0.0992 e. The number of fused-ring (bicyclic) bond motifs is 1. The van der Waals surface area contributed by atoms with Crippen LogP contribution in [0.15, 0.2) is 55.0 Å². The van der Waals surface area contributed by atoms with Crippen LogP contribution in [0.2, 0.25) is 0 Å². The van der Waals surface area contributed by atoms with E-state index in [9.17, 15) is 0 Å². The lowest BCUT2D eigenvalue weighted by atomic mass is 10.2. The van der Waals surface area contributed by atoms with Gasteiger partial charge in [-0.15, -0.1) is 0 Å². The molecule has 3 rings (SSSR count). The topological polar surface area (TPSA) is 41.6 Å². The van der Waals surface area contributed by atoms with Crippen LogP contribution in [0, 0.1) is 11.3 Å². The molecule has 0 saturated heterocycles. The van der Waals surface area contributed by atoms with Gasteiger partial charge >= 0.3 is 0 Å². The van der Waals surface area contributed by atoms with E-state index in [1.54, 1.807) is 12.4 Å². The van der Waals surface area contributed by atoms with Gasteiger partial charge in [-0.3, -0.25) is 4.98 Å².